The first-order valence-electron chi connectivity index (χ1n) is 10.3. The number of aromatic nitrogens is 2. The highest BCUT2D eigenvalue weighted by Crippen LogP contribution is 2.41. The van der Waals surface area contributed by atoms with Crippen LogP contribution in [-0.4, -0.2) is 4.57 Å². The second-order valence-corrected chi connectivity index (χ2v) is 7.98. The molecule has 0 saturated heterocycles. The molecule has 0 bridgehead atoms. The normalized spacial score (nSPS) is 14.6. The maximum absolute atomic E-state index is 2.45. The zero-order valence-corrected chi connectivity index (χ0v) is 17.0. The van der Waals surface area contributed by atoms with Crippen molar-refractivity contribution < 1.29 is 4.57 Å². The molecule has 0 amide bonds. The number of unbranched alkanes of at least 4 members (excludes halogenated alkanes) is 2. The average Bonchev–Trinajstić information content (AvgIpc) is 3.12. The van der Waals surface area contributed by atoms with E-state index >= 15 is 0 Å². The van der Waals surface area contributed by atoms with Gasteiger partial charge in [0.2, 0.25) is 6.33 Å². The topological polar surface area (TPSA) is 8.81 Å². The number of imidazole rings is 1. The fourth-order valence-electron chi connectivity index (χ4n) is 4.29. The number of rotatable bonds is 9. The van der Waals surface area contributed by atoms with Crippen molar-refractivity contribution in [3.8, 4) is 0 Å². The predicted octanol–water partition coefficient (Wildman–Crippen LogP) is 5.63. The Labute approximate surface area is 164 Å². The van der Waals surface area contributed by atoms with Crippen LogP contribution in [0.1, 0.15) is 56.7 Å². The summed E-state index contributed by atoms with van der Waals surface area (Å²) in [6.45, 7) is 4.73. The Balaban J connectivity index is 2.03. The molecule has 2 atom stereocenters. The third kappa shape index (κ3) is 4.68. The maximum atomic E-state index is 2.45. The molecule has 2 nitrogen and oxygen atoms in total. The highest BCUT2D eigenvalue weighted by Gasteiger charge is 2.40. The number of hydrogen-bond donors (Lipinski definition) is 0. The quantitative estimate of drug-likeness (QED) is 0.345. The van der Waals surface area contributed by atoms with Crippen LogP contribution in [0.4, 0.5) is 0 Å². The lowest BCUT2D eigenvalue weighted by Crippen LogP contribution is -2.37. The Morgan fingerprint density at radius 3 is 2.22 bits per heavy atom. The zero-order chi connectivity index (χ0) is 19.1. The molecule has 0 spiro atoms. The molecule has 0 aliphatic carbocycles. The van der Waals surface area contributed by atoms with Crippen molar-refractivity contribution in [1.82, 2.24) is 4.57 Å². The van der Waals surface area contributed by atoms with Crippen LogP contribution in [0.25, 0.3) is 0 Å². The van der Waals surface area contributed by atoms with Crippen molar-refractivity contribution in [3.63, 3.8) is 0 Å². The summed E-state index contributed by atoms with van der Waals surface area (Å²) >= 11 is 0. The fourth-order valence-corrected chi connectivity index (χ4v) is 4.29. The number of benzene rings is 2. The molecular weight excluding hydrogens is 328 g/mol. The summed E-state index contributed by atoms with van der Waals surface area (Å²) in [5.41, 5.74) is 2.86. The Hall–Kier alpha value is -2.35. The van der Waals surface area contributed by atoms with Gasteiger partial charge in [-0.1, -0.05) is 87.4 Å². The second-order valence-electron chi connectivity index (χ2n) is 7.98. The third-order valence-electron chi connectivity index (χ3n) is 5.81. The van der Waals surface area contributed by atoms with E-state index in [4.69, 9.17) is 0 Å². The van der Waals surface area contributed by atoms with E-state index in [9.17, 15) is 0 Å². The summed E-state index contributed by atoms with van der Waals surface area (Å²) in [7, 11) is 2.11. The minimum atomic E-state index is 0.0301. The molecule has 2 aromatic carbocycles. The van der Waals surface area contributed by atoms with Gasteiger partial charge in [0.05, 0.1) is 7.05 Å². The van der Waals surface area contributed by atoms with Gasteiger partial charge in [-0.05, 0) is 30.4 Å². The Kier molecular flexibility index (Phi) is 6.49. The van der Waals surface area contributed by atoms with Crippen LogP contribution in [0.3, 0.4) is 0 Å². The summed E-state index contributed by atoms with van der Waals surface area (Å²) in [6.07, 6.45) is 12.7. The summed E-state index contributed by atoms with van der Waals surface area (Å²) in [5.74, 6) is 0. The van der Waals surface area contributed by atoms with Gasteiger partial charge >= 0.3 is 0 Å². The summed E-state index contributed by atoms with van der Waals surface area (Å²) < 4.78 is 4.59. The van der Waals surface area contributed by atoms with Crippen LogP contribution in [0.15, 0.2) is 79.4 Å². The van der Waals surface area contributed by atoms with E-state index in [2.05, 4.69) is 109 Å². The van der Waals surface area contributed by atoms with E-state index in [1.54, 1.807) is 0 Å². The Morgan fingerprint density at radius 2 is 1.63 bits per heavy atom. The third-order valence-corrected chi connectivity index (χ3v) is 5.81. The molecule has 1 aromatic heterocycles. The highest BCUT2D eigenvalue weighted by atomic mass is 15.1. The molecule has 3 rings (SSSR count). The molecule has 0 aliphatic rings. The first kappa shape index (κ1) is 19.4. The van der Waals surface area contributed by atoms with Gasteiger partial charge in [0, 0.05) is 5.41 Å². The molecule has 1 heterocycles. The molecular formula is C25H33N2+. The van der Waals surface area contributed by atoms with Gasteiger partial charge in [-0.25, -0.2) is 9.13 Å². The number of aryl methyl sites for hydroxylation is 1. The monoisotopic (exact) mass is 361 g/mol. The molecule has 0 radical (unpaired) electrons. The number of hydrogen-bond acceptors (Lipinski definition) is 0. The van der Waals surface area contributed by atoms with E-state index < -0.39 is 0 Å². The van der Waals surface area contributed by atoms with Gasteiger partial charge in [-0.2, -0.15) is 0 Å². The molecule has 142 valence electrons. The minimum absolute atomic E-state index is 0.0301. The van der Waals surface area contributed by atoms with Crippen LogP contribution in [0.5, 0.6) is 0 Å². The van der Waals surface area contributed by atoms with E-state index in [1.165, 1.54) is 36.8 Å². The SMILES string of the molecule is CCCCCC(n1cc[n+](C)c1)C(C)(Cc1ccccc1)c1ccccc1. The van der Waals surface area contributed by atoms with Gasteiger partial charge in [0.1, 0.15) is 18.4 Å². The molecule has 2 heteroatoms. The first-order chi connectivity index (χ1) is 13.1. The Morgan fingerprint density at radius 1 is 0.963 bits per heavy atom. The molecule has 2 unspecified atom stereocenters. The molecule has 0 N–H and O–H groups in total. The fraction of sp³-hybridized carbons (Fsp3) is 0.400. The first-order valence-corrected chi connectivity index (χ1v) is 10.3. The van der Waals surface area contributed by atoms with E-state index in [1.807, 2.05) is 0 Å². The average molecular weight is 362 g/mol. The largest absolute Gasteiger partial charge is 0.243 e. The molecule has 0 saturated carbocycles. The van der Waals surface area contributed by atoms with Crippen molar-refractivity contribution in [2.24, 2.45) is 7.05 Å². The maximum Gasteiger partial charge on any atom is 0.243 e. The van der Waals surface area contributed by atoms with Crippen molar-refractivity contribution in [1.29, 1.82) is 0 Å². The lowest BCUT2D eigenvalue weighted by atomic mass is 9.70. The van der Waals surface area contributed by atoms with Crippen LogP contribution in [-0.2, 0) is 18.9 Å². The van der Waals surface area contributed by atoms with Crippen LogP contribution in [0, 0.1) is 0 Å². The van der Waals surface area contributed by atoms with Gasteiger partial charge in [-0.3, -0.25) is 0 Å². The standard InChI is InChI=1S/C25H33N2/c1-4-5-8-17-24(27-19-18-26(3)21-27)25(2,23-15-11-7-12-16-23)20-22-13-9-6-10-14-22/h6-7,9-16,18-19,21,24H,4-5,8,17,20H2,1-3H3/q+1. The Bertz CT molecular complexity index is 807. The second kappa shape index (κ2) is 9.03. The van der Waals surface area contributed by atoms with Crippen molar-refractivity contribution in [2.75, 3.05) is 0 Å². The lowest BCUT2D eigenvalue weighted by Gasteiger charge is -2.37. The lowest BCUT2D eigenvalue weighted by molar-refractivity contribution is -0.671. The summed E-state index contributed by atoms with van der Waals surface area (Å²) in [6, 6.07) is 22.5. The van der Waals surface area contributed by atoms with Crippen molar-refractivity contribution in [2.45, 2.75) is 57.4 Å². The molecule has 0 aliphatic heterocycles. The van der Waals surface area contributed by atoms with Gasteiger partial charge < -0.3 is 0 Å². The zero-order valence-electron chi connectivity index (χ0n) is 17.0. The minimum Gasteiger partial charge on any atom is -0.240 e. The van der Waals surface area contributed by atoms with Gasteiger partial charge in [0.15, 0.2) is 0 Å². The van der Waals surface area contributed by atoms with Gasteiger partial charge in [-0.15, -0.1) is 0 Å². The van der Waals surface area contributed by atoms with Crippen molar-refractivity contribution in [3.05, 3.63) is 90.5 Å². The van der Waals surface area contributed by atoms with Crippen LogP contribution < -0.4 is 4.57 Å². The van der Waals surface area contributed by atoms with E-state index in [0.717, 1.165) is 6.42 Å². The van der Waals surface area contributed by atoms with E-state index in [-0.39, 0.29) is 5.41 Å². The summed E-state index contributed by atoms with van der Waals surface area (Å²) in [4.78, 5) is 0. The van der Waals surface area contributed by atoms with Crippen LogP contribution in [0.2, 0.25) is 0 Å². The molecule has 27 heavy (non-hydrogen) atoms. The summed E-state index contributed by atoms with van der Waals surface area (Å²) in [5, 5.41) is 0. The van der Waals surface area contributed by atoms with Gasteiger partial charge in [0.25, 0.3) is 0 Å². The number of nitrogens with zero attached hydrogens (tertiary/aromatic N) is 2. The smallest absolute Gasteiger partial charge is 0.240 e. The highest BCUT2D eigenvalue weighted by molar-refractivity contribution is 5.30. The predicted molar refractivity (Wildman–Crippen MR) is 113 cm³/mol. The molecule has 3 aromatic rings. The molecule has 0 fully saturated rings. The van der Waals surface area contributed by atoms with Crippen LogP contribution >= 0.6 is 0 Å². The van der Waals surface area contributed by atoms with Crippen molar-refractivity contribution >= 4 is 0 Å². The van der Waals surface area contributed by atoms with E-state index in [0.29, 0.717) is 6.04 Å².